The third kappa shape index (κ3) is 3.30. The summed E-state index contributed by atoms with van der Waals surface area (Å²) in [6, 6.07) is 5.48. The van der Waals surface area contributed by atoms with Gasteiger partial charge in [0.2, 0.25) is 0 Å². The zero-order valence-corrected chi connectivity index (χ0v) is 15.9. The van der Waals surface area contributed by atoms with Crippen molar-refractivity contribution in [2.24, 2.45) is 10.9 Å². The van der Waals surface area contributed by atoms with Crippen LogP contribution < -0.4 is 10.1 Å². The predicted molar refractivity (Wildman–Crippen MR) is 107 cm³/mol. The van der Waals surface area contributed by atoms with Gasteiger partial charge in [0.1, 0.15) is 11.7 Å². The van der Waals surface area contributed by atoms with Gasteiger partial charge in [-0.05, 0) is 62.3 Å². The molecule has 142 valence electrons. The number of halogens is 1. The number of amidine groups is 1. The lowest BCUT2D eigenvalue weighted by atomic mass is 10.1. The first-order valence-electron chi connectivity index (χ1n) is 9.59. The number of hydrogen-bond donors (Lipinski definition) is 1. The number of allylic oxidation sites excluding steroid dienone is 1. The maximum atomic E-state index is 14.8. The Hall–Kier alpha value is -3.02. The minimum Gasteiger partial charge on any atom is -0.421 e. The van der Waals surface area contributed by atoms with Crippen LogP contribution in [0, 0.1) is 18.7 Å². The van der Waals surface area contributed by atoms with E-state index in [1.807, 2.05) is 32.1 Å². The van der Waals surface area contributed by atoms with E-state index in [1.54, 1.807) is 6.07 Å². The van der Waals surface area contributed by atoms with Gasteiger partial charge in [-0.1, -0.05) is 17.7 Å². The Morgan fingerprint density at radius 3 is 2.82 bits per heavy atom. The summed E-state index contributed by atoms with van der Waals surface area (Å²) in [6.45, 7) is 4.61. The first-order chi connectivity index (χ1) is 13.5. The summed E-state index contributed by atoms with van der Waals surface area (Å²) in [4.78, 5) is 13.2. The van der Waals surface area contributed by atoms with Crippen LogP contribution in [0.4, 0.5) is 10.2 Å². The lowest BCUT2D eigenvalue weighted by Crippen LogP contribution is -2.10. The molecule has 5 rings (SSSR count). The monoisotopic (exact) mass is 376 g/mol. The van der Waals surface area contributed by atoms with Gasteiger partial charge in [-0.15, -0.1) is 0 Å². The molecule has 1 N–H and O–H groups in total. The zero-order chi connectivity index (χ0) is 19.3. The number of nitrogens with one attached hydrogen (secondary N) is 1. The van der Waals surface area contributed by atoms with Crippen LogP contribution in [0.1, 0.15) is 36.6 Å². The Kier molecular flexibility index (Phi) is 4.00. The predicted octanol–water partition coefficient (Wildman–Crippen LogP) is 4.84. The van der Waals surface area contributed by atoms with Crippen molar-refractivity contribution in [1.29, 1.82) is 0 Å². The van der Waals surface area contributed by atoms with Gasteiger partial charge in [0, 0.05) is 17.3 Å². The Morgan fingerprint density at radius 1 is 1.14 bits per heavy atom. The van der Waals surface area contributed by atoms with Crippen LogP contribution in [0.3, 0.4) is 0 Å². The summed E-state index contributed by atoms with van der Waals surface area (Å²) in [5.41, 5.74) is 4.83. The minimum absolute atomic E-state index is 0.116. The summed E-state index contributed by atoms with van der Waals surface area (Å²) >= 11 is 0. The Labute approximate surface area is 163 Å². The Morgan fingerprint density at radius 2 is 2.00 bits per heavy atom. The molecule has 1 saturated carbocycles. The van der Waals surface area contributed by atoms with E-state index in [9.17, 15) is 4.39 Å². The lowest BCUT2D eigenvalue weighted by Gasteiger charge is -2.10. The highest BCUT2D eigenvalue weighted by molar-refractivity contribution is 6.05. The number of ether oxygens (including phenoxy) is 1. The molecule has 6 heteroatoms. The number of hydrogen-bond acceptors (Lipinski definition) is 5. The van der Waals surface area contributed by atoms with E-state index in [-0.39, 0.29) is 17.6 Å². The molecule has 3 aliphatic rings. The number of fused-ring (bicyclic) bond motifs is 1. The fourth-order valence-corrected chi connectivity index (χ4v) is 3.70. The van der Waals surface area contributed by atoms with Crippen molar-refractivity contribution >= 4 is 17.7 Å². The van der Waals surface area contributed by atoms with Crippen molar-refractivity contribution in [1.82, 2.24) is 9.97 Å². The van der Waals surface area contributed by atoms with E-state index in [0.29, 0.717) is 17.3 Å². The van der Waals surface area contributed by atoms with Gasteiger partial charge in [0.05, 0.1) is 6.54 Å². The Balaban J connectivity index is 1.37. The van der Waals surface area contributed by atoms with E-state index in [0.717, 1.165) is 35.6 Å². The summed E-state index contributed by atoms with van der Waals surface area (Å²) in [5, 5.41) is 3.22. The van der Waals surface area contributed by atoms with Gasteiger partial charge in [-0.25, -0.2) is 9.37 Å². The molecule has 1 aliphatic heterocycles. The number of rotatable bonds is 4. The molecule has 1 aromatic carbocycles. The fraction of sp³-hybridized carbons (Fsp3) is 0.318. The first-order valence-corrected chi connectivity index (χ1v) is 9.59. The number of aliphatic imine (C=N–C) groups is 1. The average molecular weight is 376 g/mol. The molecule has 2 aromatic rings. The molecule has 0 radical (unpaired) electrons. The number of benzene rings is 1. The largest absolute Gasteiger partial charge is 0.421 e. The molecular formula is C22H21FN4O. The molecule has 0 atom stereocenters. The van der Waals surface area contributed by atoms with Gasteiger partial charge in [0.15, 0.2) is 11.6 Å². The average Bonchev–Trinajstić information content (AvgIpc) is 3.27. The van der Waals surface area contributed by atoms with Crippen LogP contribution in [-0.2, 0) is 6.42 Å². The highest BCUT2D eigenvalue weighted by Crippen LogP contribution is 2.38. The van der Waals surface area contributed by atoms with Gasteiger partial charge in [0.25, 0.3) is 0 Å². The third-order valence-electron chi connectivity index (χ3n) is 5.24. The number of aromatic nitrogens is 2. The smallest absolute Gasteiger partial charge is 0.324 e. The maximum Gasteiger partial charge on any atom is 0.324 e. The number of anilines is 1. The second-order valence-electron chi connectivity index (χ2n) is 7.72. The van der Waals surface area contributed by atoms with E-state index in [4.69, 9.17) is 4.74 Å². The van der Waals surface area contributed by atoms with Crippen molar-refractivity contribution < 1.29 is 9.13 Å². The molecule has 1 aromatic heterocycles. The highest BCUT2D eigenvalue weighted by Gasteiger charge is 2.28. The molecule has 2 aliphatic carbocycles. The topological polar surface area (TPSA) is 59.4 Å². The van der Waals surface area contributed by atoms with E-state index < -0.39 is 0 Å². The van der Waals surface area contributed by atoms with Gasteiger partial charge < -0.3 is 10.1 Å². The molecule has 2 heterocycles. The molecule has 28 heavy (non-hydrogen) atoms. The molecule has 1 fully saturated rings. The van der Waals surface area contributed by atoms with E-state index in [2.05, 4.69) is 26.4 Å². The van der Waals surface area contributed by atoms with Crippen molar-refractivity contribution in [3.05, 3.63) is 58.1 Å². The van der Waals surface area contributed by atoms with Crippen LogP contribution in [0.15, 0.2) is 40.4 Å². The molecule has 0 unspecified atom stereocenters. The van der Waals surface area contributed by atoms with Crippen LogP contribution in [0.25, 0.3) is 6.08 Å². The SMILES string of the molecule is CC1=Cc2c(ccc(Oc3nc(C)cc(NC4=NCC(C5CC5)=C4)n3)c2F)C1. The Bertz CT molecular complexity index is 1070. The standard InChI is InChI=1S/C22H21FN4O/c1-12-7-15-5-6-18(21(23)17(15)8-12)28-22-25-13(2)9-20(27-22)26-19-10-16(11-24-19)14-3-4-14/h5-6,8-10,14H,3-4,7,11H2,1-2H3,(H,24,25,26,27). The zero-order valence-electron chi connectivity index (χ0n) is 15.9. The maximum absolute atomic E-state index is 14.8. The van der Waals surface area contributed by atoms with Crippen LogP contribution >= 0.6 is 0 Å². The van der Waals surface area contributed by atoms with Crippen molar-refractivity contribution in [2.45, 2.75) is 33.1 Å². The normalized spacial score (nSPS) is 17.8. The minimum atomic E-state index is -0.369. The van der Waals surface area contributed by atoms with Crippen molar-refractivity contribution in [2.75, 3.05) is 11.9 Å². The highest BCUT2D eigenvalue weighted by atomic mass is 19.1. The number of aryl methyl sites for hydroxylation is 1. The molecule has 0 bridgehead atoms. The lowest BCUT2D eigenvalue weighted by molar-refractivity contribution is 0.410. The van der Waals surface area contributed by atoms with Gasteiger partial charge in [-0.3, -0.25) is 4.99 Å². The van der Waals surface area contributed by atoms with Crippen LogP contribution in [-0.4, -0.2) is 22.3 Å². The quantitative estimate of drug-likeness (QED) is 0.830. The summed E-state index contributed by atoms with van der Waals surface area (Å²) in [6.07, 6.45) is 7.27. The summed E-state index contributed by atoms with van der Waals surface area (Å²) in [5.74, 6) is 1.86. The number of nitrogens with zero attached hydrogens (tertiary/aromatic N) is 3. The fourth-order valence-electron chi connectivity index (χ4n) is 3.70. The third-order valence-corrected chi connectivity index (χ3v) is 5.24. The molecule has 0 saturated heterocycles. The summed E-state index contributed by atoms with van der Waals surface area (Å²) in [7, 11) is 0. The molecule has 0 amide bonds. The van der Waals surface area contributed by atoms with Crippen LogP contribution in [0.5, 0.6) is 11.8 Å². The first kappa shape index (κ1) is 17.1. The summed E-state index contributed by atoms with van der Waals surface area (Å²) < 4.78 is 20.5. The van der Waals surface area contributed by atoms with Crippen LogP contribution in [0.2, 0.25) is 0 Å². The second-order valence-corrected chi connectivity index (χ2v) is 7.72. The van der Waals surface area contributed by atoms with Crippen molar-refractivity contribution in [3.8, 4) is 11.8 Å². The van der Waals surface area contributed by atoms with Gasteiger partial charge >= 0.3 is 6.01 Å². The molecule has 0 spiro atoms. The molecule has 5 nitrogen and oxygen atoms in total. The second kappa shape index (κ2) is 6.55. The van der Waals surface area contributed by atoms with Crippen molar-refractivity contribution in [3.63, 3.8) is 0 Å². The molecular weight excluding hydrogens is 355 g/mol. The van der Waals surface area contributed by atoms with Gasteiger partial charge in [-0.2, -0.15) is 4.98 Å². The van der Waals surface area contributed by atoms with E-state index in [1.165, 1.54) is 18.4 Å². The van der Waals surface area contributed by atoms with E-state index >= 15 is 0 Å².